The second kappa shape index (κ2) is 6.02. The number of fused-ring (bicyclic) bond motifs is 3. The molecule has 1 aliphatic rings. The van der Waals surface area contributed by atoms with Crippen LogP contribution in [0.3, 0.4) is 0 Å². The summed E-state index contributed by atoms with van der Waals surface area (Å²) in [5.74, 6) is 0.960. The number of aryl methyl sites for hydroxylation is 1. The van der Waals surface area contributed by atoms with E-state index in [1.807, 2.05) is 18.3 Å². The number of thiophene rings is 1. The van der Waals surface area contributed by atoms with Crippen molar-refractivity contribution in [3.05, 3.63) is 51.3 Å². The summed E-state index contributed by atoms with van der Waals surface area (Å²) in [6.45, 7) is 5.96. The van der Waals surface area contributed by atoms with Crippen molar-refractivity contribution in [1.82, 2.24) is 10.3 Å². The van der Waals surface area contributed by atoms with E-state index in [0.717, 1.165) is 25.1 Å². The molecule has 0 saturated heterocycles. The van der Waals surface area contributed by atoms with Gasteiger partial charge in [-0.05, 0) is 55.7 Å². The SMILES string of the molecule is CCOc1ccc2[nH]c3c(c2c1)CCNC3c1ccc(CC)s1. The van der Waals surface area contributed by atoms with E-state index in [-0.39, 0.29) is 6.04 Å². The van der Waals surface area contributed by atoms with Gasteiger partial charge in [0.2, 0.25) is 0 Å². The first-order chi connectivity index (χ1) is 11.3. The van der Waals surface area contributed by atoms with Gasteiger partial charge in [-0.1, -0.05) is 6.92 Å². The molecule has 0 spiro atoms. The fourth-order valence-electron chi connectivity index (χ4n) is 3.45. The summed E-state index contributed by atoms with van der Waals surface area (Å²) in [7, 11) is 0. The molecule has 1 atom stereocenters. The molecule has 2 N–H and O–H groups in total. The molecule has 0 aliphatic carbocycles. The summed E-state index contributed by atoms with van der Waals surface area (Å²) >= 11 is 1.92. The fourth-order valence-corrected chi connectivity index (χ4v) is 4.48. The standard InChI is InChI=1S/C19H22N2OS/c1-3-13-6-8-17(23-13)19-18-14(9-10-20-19)15-11-12(22-4-2)5-7-16(15)21-18/h5-8,11,19-21H,3-4,9-10H2,1-2H3. The minimum atomic E-state index is 0.284. The normalized spacial score (nSPS) is 17.4. The average Bonchev–Trinajstić information content (AvgIpc) is 3.19. The van der Waals surface area contributed by atoms with Crippen molar-refractivity contribution in [2.45, 2.75) is 32.7 Å². The number of hydrogen-bond acceptors (Lipinski definition) is 3. The molecule has 3 heterocycles. The van der Waals surface area contributed by atoms with Gasteiger partial charge < -0.3 is 15.0 Å². The van der Waals surface area contributed by atoms with E-state index in [4.69, 9.17) is 4.74 Å². The minimum Gasteiger partial charge on any atom is -0.494 e. The molecule has 1 aliphatic heterocycles. The van der Waals surface area contributed by atoms with Gasteiger partial charge in [0.05, 0.1) is 12.6 Å². The van der Waals surface area contributed by atoms with Crippen LogP contribution in [0.4, 0.5) is 0 Å². The van der Waals surface area contributed by atoms with Gasteiger partial charge in [-0.25, -0.2) is 0 Å². The lowest BCUT2D eigenvalue weighted by molar-refractivity contribution is 0.340. The molecule has 0 radical (unpaired) electrons. The van der Waals surface area contributed by atoms with E-state index in [1.165, 1.54) is 31.9 Å². The molecule has 1 aromatic carbocycles. The van der Waals surface area contributed by atoms with Gasteiger partial charge >= 0.3 is 0 Å². The van der Waals surface area contributed by atoms with Crippen molar-refractivity contribution in [3.63, 3.8) is 0 Å². The molecule has 4 heteroatoms. The Kier molecular flexibility index (Phi) is 3.87. The lowest BCUT2D eigenvalue weighted by Crippen LogP contribution is -2.29. The van der Waals surface area contributed by atoms with Crippen molar-refractivity contribution in [3.8, 4) is 5.75 Å². The van der Waals surface area contributed by atoms with Gasteiger partial charge in [0.1, 0.15) is 5.75 Å². The number of H-pyrrole nitrogens is 1. The maximum atomic E-state index is 5.68. The Balaban J connectivity index is 1.79. The second-order valence-electron chi connectivity index (χ2n) is 5.95. The maximum Gasteiger partial charge on any atom is 0.120 e. The van der Waals surface area contributed by atoms with E-state index in [1.54, 1.807) is 0 Å². The highest BCUT2D eigenvalue weighted by Gasteiger charge is 2.26. The highest BCUT2D eigenvalue weighted by atomic mass is 32.1. The van der Waals surface area contributed by atoms with Crippen molar-refractivity contribution in [2.75, 3.05) is 13.2 Å². The Morgan fingerprint density at radius 3 is 2.91 bits per heavy atom. The summed E-state index contributed by atoms with van der Waals surface area (Å²) in [6, 6.07) is 11.2. The van der Waals surface area contributed by atoms with Crippen LogP contribution in [0.15, 0.2) is 30.3 Å². The van der Waals surface area contributed by atoms with Crippen LogP contribution in [0.2, 0.25) is 0 Å². The van der Waals surface area contributed by atoms with E-state index >= 15 is 0 Å². The predicted molar refractivity (Wildman–Crippen MR) is 96.7 cm³/mol. The van der Waals surface area contributed by atoms with Gasteiger partial charge in [0.15, 0.2) is 0 Å². The smallest absolute Gasteiger partial charge is 0.120 e. The van der Waals surface area contributed by atoms with Crippen LogP contribution in [0.5, 0.6) is 5.75 Å². The zero-order valence-corrected chi connectivity index (χ0v) is 14.4. The Bertz CT molecular complexity index is 833. The van der Waals surface area contributed by atoms with Crippen LogP contribution in [0, 0.1) is 0 Å². The van der Waals surface area contributed by atoms with E-state index in [9.17, 15) is 0 Å². The molecule has 3 nitrogen and oxygen atoms in total. The molecule has 0 bridgehead atoms. The van der Waals surface area contributed by atoms with Gasteiger partial charge in [-0.2, -0.15) is 0 Å². The van der Waals surface area contributed by atoms with Crippen LogP contribution in [0.1, 0.15) is 40.9 Å². The zero-order chi connectivity index (χ0) is 15.8. The molecule has 0 amide bonds. The van der Waals surface area contributed by atoms with Crippen LogP contribution in [0.25, 0.3) is 10.9 Å². The Morgan fingerprint density at radius 2 is 2.13 bits per heavy atom. The third kappa shape index (κ3) is 2.56. The molecular formula is C19H22N2OS. The molecule has 3 aromatic rings. The van der Waals surface area contributed by atoms with Crippen LogP contribution in [-0.2, 0) is 12.8 Å². The second-order valence-corrected chi connectivity index (χ2v) is 7.15. The fraction of sp³-hybridized carbons (Fsp3) is 0.368. The van der Waals surface area contributed by atoms with Gasteiger partial charge in [0, 0.05) is 32.9 Å². The zero-order valence-electron chi connectivity index (χ0n) is 13.6. The number of benzene rings is 1. The molecule has 120 valence electrons. The van der Waals surface area contributed by atoms with E-state index in [2.05, 4.69) is 47.6 Å². The average molecular weight is 326 g/mol. The number of aromatic amines is 1. The lowest BCUT2D eigenvalue weighted by atomic mass is 9.98. The maximum absolute atomic E-state index is 5.68. The first-order valence-corrected chi connectivity index (χ1v) is 9.21. The number of ether oxygens (including phenoxy) is 1. The van der Waals surface area contributed by atoms with Crippen molar-refractivity contribution >= 4 is 22.2 Å². The summed E-state index contributed by atoms with van der Waals surface area (Å²) in [4.78, 5) is 6.50. The predicted octanol–water partition coefficient (Wildman–Crippen LogP) is 4.43. The van der Waals surface area contributed by atoms with Crippen LogP contribution < -0.4 is 10.1 Å². The topological polar surface area (TPSA) is 37.0 Å². The monoisotopic (exact) mass is 326 g/mol. The van der Waals surface area contributed by atoms with Gasteiger partial charge in [-0.15, -0.1) is 11.3 Å². The first-order valence-electron chi connectivity index (χ1n) is 8.39. The third-order valence-corrected chi connectivity index (χ3v) is 5.84. The molecule has 23 heavy (non-hydrogen) atoms. The van der Waals surface area contributed by atoms with Crippen molar-refractivity contribution in [1.29, 1.82) is 0 Å². The molecular weight excluding hydrogens is 304 g/mol. The summed E-state index contributed by atoms with van der Waals surface area (Å²) < 4.78 is 5.68. The number of hydrogen-bond donors (Lipinski definition) is 2. The summed E-state index contributed by atoms with van der Waals surface area (Å²) in [5, 5.41) is 4.99. The molecule has 0 saturated carbocycles. The lowest BCUT2D eigenvalue weighted by Gasteiger charge is -2.23. The largest absolute Gasteiger partial charge is 0.494 e. The summed E-state index contributed by atoms with van der Waals surface area (Å²) in [5.41, 5.74) is 3.97. The van der Waals surface area contributed by atoms with Crippen LogP contribution >= 0.6 is 11.3 Å². The number of aromatic nitrogens is 1. The van der Waals surface area contributed by atoms with E-state index < -0.39 is 0 Å². The molecule has 4 rings (SSSR count). The van der Waals surface area contributed by atoms with Gasteiger partial charge in [0.25, 0.3) is 0 Å². The Labute approximate surface area is 140 Å². The van der Waals surface area contributed by atoms with Crippen molar-refractivity contribution < 1.29 is 4.74 Å². The molecule has 2 aromatic heterocycles. The Morgan fingerprint density at radius 1 is 1.22 bits per heavy atom. The third-order valence-electron chi connectivity index (χ3n) is 4.55. The number of rotatable bonds is 4. The molecule has 0 fully saturated rings. The number of nitrogens with one attached hydrogen (secondary N) is 2. The quantitative estimate of drug-likeness (QED) is 0.744. The highest BCUT2D eigenvalue weighted by molar-refractivity contribution is 7.12. The summed E-state index contributed by atoms with van der Waals surface area (Å²) in [6.07, 6.45) is 2.17. The Hall–Kier alpha value is -1.78. The van der Waals surface area contributed by atoms with Gasteiger partial charge in [-0.3, -0.25) is 0 Å². The van der Waals surface area contributed by atoms with Crippen LogP contribution in [-0.4, -0.2) is 18.1 Å². The highest BCUT2D eigenvalue weighted by Crippen LogP contribution is 2.37. The molecule has 1 unspecified atom stereocenters. The van der Waals surface area contributed by atoms with Crippen molar-refractivity contribution in [2.24, 2.45) is 0 Å². The first kappa shape index (κ1) is 14.8. The van der Waals surface area contributed by atoms with E-state index in [0.29, 0.717) is 6.61 Å². The minimum absolute atomic E-state index is 0.284.